The molecule has 5 heteroatoms. The molecule has 0 fully saturated rings. The van der Waals surface area contributed by atoms with Crippen molar-refractivity contribution in [2.24, 2.45) is 0 Å². The number of aromatic nitrogens is 2. The van der Waals surface area contributed by atoms with E-state index in [1.807, 2.05) is 13.8 Å². The summed E-state index contributed by atoms with van der Waals surface area (Å²) in [4.78, 5) is 8.43. The first kappa shape index (κ1) is 11.7. The molecule has 2 N–H and O–H groups in total. The minimum Gasteiger partial charge on any atom is -0.435 e. The third-order valence-electron chi connectivity index (χ3n) is 2.36. The molecule has 0 saturated heterocycles. The zero-order valence-corrected chi connectivity index (χ0v) is 10.3. The maximum atomic E-state index is 5.80. The van der Waals surface area contributed by atoms with Crippen LogP contribution in [0.15, 0.2) is 24.4 Å². The minimum absolute atomic E-state index is 0.419. The quantitative estimate of drug-likeness (QED) is 0.831. The van der Waals surface area contributed by atoms with Crippen molar-refractivity contribution in [1.82, 2.24) is 9.97 Å². The molecule has 0 aliphatic heterocycles. The van der Waals surface area contributed by atoms with Crippen molar-refractivity contribution >= 4 is 17.3 Å². The van der Waals surface area contributed by atoms with Crippen molar-refractivity contribution < 1.29 is 4.74 Å². The molecule has 0 amide bonds. The highest BCUT2D eigenvalue weighted by Crippen LogP contribution is 2.28. The Labute approximate surface area is 104 Å². The SMILES string of the molecule is Cc1ncc(Oc2ccc(Cl)cc2N)nc1C. The Morgan fingerprint density at radius 3 is 2.65 bits per heavy atom. The van der Waals surface area contributed by atoms with Gasteiger partial charge in [0.15, 0.2) is 5.75 Å². The summed E-state index contributed by atoms with van der Waals surface area (Å²) in [5.74, 6) is 0.939. The lowest BCUT2D eigenvalue weighted by Crippen LogP contribution is -1.97. The summed E-state index contributed by atoms with van der Waals surface area (Å²) in [6.07, 6.45) is 1.57. The second-order valence-corrected chi connectivity index (χ2v) is 4.10. The summed E-state index contributed by atoms with van der Waals surface area (Å²) in [7, 11) is 0. The Morgan fingerprint density at radius 2 is 2.00 bits per heavy atom. The maximum Gasteiger partial charge on any atom is 0.238 e. The second kappa shape index (κ2) is 4.59. The predicted octanol–water partition coefficient (Wildman–Crippen LogP) is 3.12. The normalized spacial score (nSPS) is 10.3. The van der Waals surface area contributed by atoms with Crippen molar-refractivity contribution in [2.75, 3.05) is 5.73 Å². The number of aryl methyl sites for hydroxylation is 2. The molecule has 1 heterocycles. The molecule has 2 rings (SSSR count). The van der Waals surface area contributed by atoms with Gasteiger partial charge in [-0.15, -0.1) is 0 Å². The van der Waals surface area contributed by atoms with Crippen molar-refractivity contribution in [1.29, 1.82) is 0 Å². The molecule has 0 radical (unpaired) electrons. The van der Waals surface area contributed by atoms with Crippen LogP contribution < -0.4 is 10.5 Å². The van der Waals surface area contributed by atoms with E-state index in [4.69, 9.17) is 22.1 Å². The van der Waals surface area contributed by atoms with Crippen LogP contribution in [-0.2, 0) is 0 Å². The lowest BCUT2D eigenvalue weighted by atomic mass is 10.3. The number of nitrogens with zero attached hydrogens (tertiary/aromatic N) is 2. The molecule has 88 valence electrons. The van der Waals surface area contributed by atoms with Gasteiger partial charge in [0.05, 0.1) is 23.3 Å². The number of hydrogen-bond acceptors (Lipinski definition) is 4. The molecule has 0 spiro atoms. The summed E-state index contributed by atoms with van der Waals surface area (Å²) >= 11 is 5.80. The molecular weight excluding hydrogens is 238 g/mol. The molecule has 0 saturated carbocycles. The first-order chi connectivity index (χ1) is 8.06. The third kappa shape index (κ3) is 2.65. The Morgan fingerprint density at radius 1 is 1.24 bits per heavy atom. The van der Waals surface area contributed by atoms with E-state index >= 15 is 0 Å². The van der Waals surface area contributed by atoms with Crippen molar-refractivity contribution in [3.8, 4) is 11.6 Å². The van der Waals surface area contributed by atoms with Crippen LogP contribution in [0.1, 0.15) is 11.4 Å². The smallest absolute Gasteiger partial charge is 0.238 e. The molecule has 4 nitrogen and oxygen atoms in total. The molecule has 1 aromatic carbocycles. The number of rotatable bonds is 2. The Hall–Kier alpha value is -1.81. The molecule has 0 aliphatic carbocycles. The van der Waals surface area contributed by atoms with E-state index in [0.29, 0.717) is 22.3 Å². The van der Waals surface area contributed by atoms with E-state index in [1.54, 1.807) is 24.4 Å². The fourth-order valence-electron chi connectivity index (χ4n) is 1.29. The molecule has 2 aromatic rings. The highest BCUT2D eigenvalue weighted by Gasteiger charge is 2.05. The largest absolute Gasteiger partial charge is 0.435 e. The van der Waals surface area contributed by atoms with Gasteiger partial charge in [0, 0.05) is 5.02 Å². The maximum absolute atomic E-state index is 5.80. The van der Waals surface area contributed by atoms with Crippen LogP contribution in [0, 0.1) is 13.8 Å². The van der Waals surface area contributed by atoms with Crippen LogP contribution in [0.3, 0.4) is 0 Å². The van der Waals surface area contributed by atoms with Crippen LogP contribution in [0.5, 0.6) is 11.6 Å². The Kier molecular flexibility index (Phi) is 3.15. The van der Waals surface area contributed by atoms with E-state index < -0.39 is 0 Å². The van der Waals surface area contributed by atoms with Crippen LogP contribution in [0.4, 0.5) is 5.69 Å². The summed E-state index contributed by atoms with van der Waals surface area (Å²) in [6.45, 7) is 3.77. The number of anilines is 1. The molecule has 0 atom stereocenters. The molecular formula is C12H12ClN3O. The molecule has 0 unspecified atom stereocenters. The van der Waals surface area contributed by atoms with Gasteiger partial charge in [-0.3, -0.25) is 4.98 Å². The monoisotopic (exact) mass is 249 g/mol. The van der Waals surface area contributed by atoms with Gasteiger partial charge in [0.2, 0.25) is 5.88 Å². The van der Waals surface area contributed by atoms with Gasteiger partial charge in [-0.25, -0.2) is 4.98 Å². The number of nitrogen functional groups attached to an aromatic ring is 1. The average molecular weight is 250 g/mol. The van der Waals surface area contributed by atoms with Gasteiger partial charge < -0.3 is 10.5 Å². The van der Waals surface area contributed by atoms with Gasteiger partial charge in [0.25, 0.3) is 0 Å². The van der Waals surface area contributed by atoms with E-state index in [2.05, 4.69) is 9.97 Å². The van der Waals surface area contributed by atoms with Crippen molar-refractivity contribution in [3.63, 3.8) is 0 Å². The van der Waals surface area contributed by atoms with E-state index in [-0.39, 0.29) is 0 Å². The summed E-state index contributed by atoms with van der Waals surface area (Å²) in [6, 6.07) is 5.04. The summed E-state index contributed by atoms with van der Waals surface area (Å²) in [5, 5.41) is 0.570. The van der Waals surface area contributed by atoms with Crippen LogP contribution in [-0.4, -0.2) is 9.97 Å². The highest BCUT2D eigenvalue weighted by molar-refractivity contribution is 6.30. The van der Waals surface area contributed by atoms with Gasteiger partial charge >= 0.3 is 0 Å². The van der Waals surface area contributed by atoms with Crippen molar-refractivity contribution in [2.45, 2.75) is 13.8 Å². The number of hydrogen-bond donors (Lipinski definition) is 1. The zero-order valence-electron chi connectivity index (χ0n) is 9.57. The molecule has 17 heavy (non-hydrogen) atoms. The predicted molar refractivity (Wildman–Crippen MR) is 67.4 cm³/mol. The first-order valence-electron chi connectivity index (χ1n) is 5.09. The first-order valence-corrected chi connectivity index (χ1v) is 5.47. The van der Waals surface area contributed by atoms with Gasteiger partial charge in [-0.1, -0.05) is 11.6 Å². The Bertz CT molecular complexity index is 557. The van der Waals surface area contributed by atoms with Gasteiger partial charge in [0.1, 0.15) is 0 Å². The summed E-state index contributed by atoms with van der Waals surface area (Å²) < 4.78 is 5.54. The van der Waals surface area contributed by atoms with Gasteiger partial charge in [-0.05, 0) is 32.0 Å². The zero-order chi connectivity index (χ0) is 12.4. The van der Waals surface area contributed by atoms with Crippen LogP contribution >= 0.6 is 11.6 Å². The van der Waals surface area contributed by atoms with E-state index in [9.17, 15) is 0 Å². The number of ether oxygens (including phenoxy) is 1. The topological polar surface area (TPSA) is 61.0 Å². The fraction of sp³-hybridized carbons (Fsp3) is 0.167. The average Bonchev–Trinajstić information content (AvgIpc) is 2.27. The van der Waals surface area contributed by atoms with E-state index in [1.165, 1.54) is 0 Å². The molecule has 0 aliphatic rings. The molecule has 0 bridgehead atoms. The van der Waals surface area contributed by atoms with Crippen LogP contribution in [0.25, 0.3) is 0 Å². The third-order valence-corrected chi connectivity index (χ3v) is 2.59. The highest BCUT2D eigenvalue weighted by atomic mass is 35.5. The fourth-order valence-corrected chi connectivity index (χ4v) is 1.48. The van der Waals surface area contributed by atoms with Crippen LogP contribution in [0.2, 0.25) is 5.02 Å². The number of benzene rings is 1. The lowest BCUT2D eigenvalue weighted by Gasteiger charge is -2.08. The minimum atomic E-state index is 0.419. The second-order valence-electron chi connectivity index (χ2n) is 3.66. The Balaban J connectivity index is 2.28. The number of nitrogens with two attached hydrogens (primary N) is 1. The van der Waals surface area contributed by atoms with Gasteiger partial charge in [-0.2, -0.15) is 0 Å². The van der Waals surface area contributed by atoms with Crippen molar-refractivity contribution in [3.05, 3.63) is 40.8 Å². The lowest BCUT2D eigenvalue weighted by molar-refractivity contribution is 0.460. The summed E-state index contributed by atoms with van der Waals surface area (Å²) in [5.41, 5.74) is 7.95. The number of halogens is 1. The standard InChI is InChI=1S/C12H12ClN3O/c1-7-8(2)16-12(6-15-7)17-11-4-3-9(13)5-10(11)14/h3-6H,14H2,1-2H3. The molecule has 1 aromatic heterocycles. The van der Waals surface area contributed by atoms with E-state index in [0.717, 1.165) is 11.4 Å².